The van der Waals surface area contributed by atoms with Gasteiger partial charge < -0.3 is 5.11 Å². The number of hydrogen-bond donors (Lipinski definition) is 1. The monoisotopic (exact) mass is 324 g/mol. The Labute approximate surface area is 144 Å². The van der Waals surface area contributed by atoms with Crippen LogP contribution in [0.5, 0.6) is 0 Å². The van der Waals surface area contributed by atoms with Gasteiger partial charge in [0, 0.05) is 6.42 Å². The van der Waals surface area contributed by atoms with Crippen molar-refractivity contribution in [2.24, 2.45) is 5.92 Å². The van der Waals surface area contributed by atoms with Gasteiger partial charge in [-0.2, -0.15) is 0 Å². The molecule has 0 spiro atoms. The van der Waals surface area contributed by atoms with Gasteiger partial charge in [0.05, 0.1) is 0 Å². The summed E-state index contributed by atoms with van der Waals surface area (Å²) >= 11 is 0. The third kappa shape index (κ3) is 17.4. The molecule has 0 aliphatic heterocycles. The van der Waals surface area contributed by atoms with Crippen molar-refractivity contribution < 1.29 is 9.90 Å². The SMILES string of the molecule is C=CCC(CCCCCCCCCCCCCC)CCC(=O)O. The van der Waals surface area contributed by atoms with Crippen molar-refractivity contribution in [2.45, 2.75) is 110 Å². The summed E-state index contributed by atoms with van der Waals surface area (Å²) in [5.41, 5.74) is 0. The Kier molecular flexibility index (Phi) is 17.0. The molecule has 1 N–H and O–H groups in total. The molecule has 0 amide bonds. The number of unbranched alkanes of at least 4 members (excludes halogenated alkanes) is 11. The number of rotatable bonds is 18. The lowest BCUT2D eigenvalue weighted by molar-refractivity contribution is -0.137. The summed E-state index contributed by atoms with van der Waals surface area (Å²) in [6.45, 7) is 6.06. The molecular weight excluding hydrogens is 284 g/mol. The third-order valence-corrected chi connectivity index (χ3v) is 4.73. The zero-order valence-corrected chi connectivity index (χ0v) is 15.5. The van der Waals surface area contributed by atoms with Crippen molar-refractivity contribution >= 4 is 5.97 Å². The van der Waals surface area contributed by atoms with E-state index in [0.29, 0.717) is 12.3 Å². The smallest absolute Gasteiger partial charge is 0.303 e. The first-order valence-corrected chi connectivity index (χ1v) is 10.0. The molecule has 1 atom stereocenters. The van der Waals surface area contributed by atoms with Gasteiger partial charge >= 0.3 is 5.97 Å². The third-order valence-electron chi connectivity index (χ3n) is 4.73. The molecule has 2 nitrogen and oxygen atoms in total. The van der Waals surface area contributed by atoms with E-state index >= 15 is 0 Å². The van der Waals surface area contributed by atoms with E-state index in [1.807, 2.05) is 6.08 Å². The summed E-state index contributed by atoms with van der Waals surface area (Å²) in [7, 11) is 0. The molecule has 0 heterocycles. The number of carboxylic acid groups (broad SMARTS) is 1. The number of hydrogen-bond acceptors (Lipinski definition) is 1. The van der Waals surface area contributed by atoms with Gasteiger partial charge in [-0.1, -0.05) is 96.5 Å². The lowest BCUT2D eigenvalue weighted by atomic mass is 9.93. The van der Waals surface area contributed by atoms with Crippen LogP contribution in [0.15, 0.2) is 12.7 Å². The van der Waals surface area contributed by atoms with Gasteiger partial charge in [-0.05, 0) is 18.8 Å². The van der Waals surface area contributed by atoms with E-state index in [1.54, 1.807) is 0 Å². The largest absolute Gasteiger partial charge is 0.481 e. The number of aliphatic carboxylic acids is 1. The highest BCUT2D eigenvalue weighted by Gasteiger charge is 2.09. The lowest BCUT2D eigenvalue weighted by Gasteiger charge is -2.13. The Hall–Kier alpha value is -0.790. The maximum Gasteiger partial charge on any atom is 0.303 e. The Bertz CT molecular complexity index is 273. The minimum Gasteiger partial charge on any atom is -0.481 e. The molecule has 2 heteroatoms. The van der Waals surface area contributed by atoms with Gasteiger partial charge in [0.2, 0.25) is 0 Å². The van der Waals surface area contributed by atoms with E-state index < -0.39 is 5.97 Å². The van der Waals surface area contributed by atoms with Crippen LogP contribution in [0.1, 0.15) is 110 Å². The molecule has 23 heavy (non-hydrogen) atoms. The highest BCUT2D eigenvalue weighted by molar-refractivity contribution is 5.66. The van der Waals surface area contributed by atoms with E-state index in [1.165, 1.54) is 77.0 Å². The van der Waals surface area contributed by atoms with Gasteiger partial charge in [-0.3, -0.25) is 4.79 Å². The number of carboxylic acids is 1. The highest BCUT2D eigenvalue weighted by Crippen LogP contribution is 2.20. The van der Waals surface area contributed by atoms with Crippen LogP contribution >= 0.6 is 0 Å². The van der Waals surface area contributed by atoms with Crippen molar-refractivity contribution in [1.82, 2.24) is 0 Å². The highest BCUT2D eigenvalue weighted by atomic mass is 16.4. The van der Waals surface area contributed by atoms with Crippen molar-refractivity contribution in [1.29, 1.82) is 0 Å². The molecule has 0 radical (unpaired) electrons. The molecular formula is C21H40O2. The first-order valence-electron chi connectivity index (χ1n) is 10.0. The van der Waals surface area contributed by atoms with Crippen LogP contribution in [0, 0.1) is 5.92 Å². The molecule has 1 unspecified atom stereocenters. The summed E-state index contributed by atoms with van der Waals surface area (Å²) in [4.78, 5) is 10.7. The van der Waals surface area contributed by atoms with Crippen LogP contribution in [0.25, 0.3) is 0 Å². The fourth-order valence-corrected chi connectivity index (χ4v) is 3.22. The average molecular weight is 325 g/mol. The van der Waals surface area contributed by atoms with Crippen LogP contribution in [0.3, 0.4) is 0 Å². The van der Waals surface area contributed by atoms with Crippen molar-refractivity contribution in [2.75, 3.05) is 0 Å². The second-order valence-corrected chi connectivity index (χ2v) is 7.00. The first kappa shape index (κ1) is 22.2. The van der Waals surface area contributed by atoms with Crippen LogP contribution in [0.2, 0.25) is 0 Å². The van der Waals surface area contributed by atoms with E-state index in [-0.39, 0.29) is 0 Å². The van der Waals surface area contributed by atoms with Gasteiger partial charge in [0.1, 0.15) is 0 Å². The standard InChI is InChI=1S/C21H40O2/c1-3-5-6-7-8-9-10-11-12-13-14-15-17-20(16-4-2)18-19-21(22)23/h4,20H,2-3,5-19H2,1H3,(H,22,23). The van der Waals surface area contributed by atoms with Crippen molar-refractivity contribution in [3.63, 3.8) is 0 Å². The van der Waals surface area contributed by atoms with Crippen LogP contribution in [0.4, 0.5) is 0 Å². The zero-order chi connectivity index (χ0) is 17.2. The fourth-order valence-electron chi connectivity index (χ4n) is 3.22. The molecule has 0 aliphatic rings. The Morgan fingerprint density at radius 1 is 0.870 bits per heavy atom. The molecule has 0 saturated heterocycles. The normalized spacial score (nSPS) is 12.2. The molecule has 0 aromatic carbocycles. The Morgan fingerprint density at radius 3 is 1.78 bits per heavy atom. The second kappa shape index (κ2) is 17.6. The van der Waals surface area contributed by atoms with E-state index in [0.717, 1.165) is 19.3 Å². The number of allylic oxidation sites excluding steroid dienone is 1. The van der Waals surface area contributed by atoms with Gasteiger partial charge in [0.25, 0.3) is 0 Å². The summed E-state index contributed by atoms with van der Waals surface area (Å²) in [6, 6.07) is 0. The minimum atomic E-state index is -0.672. The Balaban J connectivity index is 3.35. The summed E-state index contributed by atoms with van der Waals surface area (Å²) in [5, 5.41) is 8.78. The molecule has 0 fully saturated rings. The number of carbonyl (C=O) groups is 1. The molecule has 0 saturated carbocycles. The predicted molar refractivity (Wildman–Crippen MR) is 101 cm³/mol. The topological polar surface area (TPSA) is 37.3 Å². The van der Waals surface area contributed by atoms with Crippen LogP contribution in [-0.4, -0.2) is 11.1 Å². The fraction of sp³-hybridized carbons (Fsp3) is 0.857. The molecule has 0 aromatic rings. The van der Waals surface area contributed by atoms with Gasteiger partial charge in [-0.15, -0.1) is 6.58 Å². The van der Waals surface area contributed by atoms with E-state index in [4.69, 9.17) is 5.11 Å². The van der Waals surface area contributed by atoms with Gasteiger partial charge in [0.15, 0.2) is 0 Å². The van der Waals surface area contributed by atoms with E-state index in [2.05, 4.69) is 13.5 Å². The van der Waals surface area contributed by atoms with Crippen molar-refractivity contribution in [3.05, 3.63) is 12.7 Å². The quantitative estimate of drug-likeness (QED) is 0.215. The lowest BCUT2D eigenvalue weighted by Crippen LogP contribution is -2.04. The summed E-state index contributed by atoms with van der Waals surface area (Å²) < 4.78 is 0. The molecule has 0 bridgehead atoms. The summed E-state index contributed by atoms with van der Waals surface area (Å²) in [6.07, 6.45) is 21.7. The van der Waals surface area contributed by atoms with E-state index in [9.17, 15) is 4.79 Å². The average Bonchev–Trinajstić information content (AvgIpc) is 2.53. The zero-order valence-electron chi connectivity index (χ0n) is 15.5. The maximum atomic E-state index is 10.7. The van der Waals surface area contributed by atoms with Crippen LogP contribution in [-0.2, 0) is 4.79 Å². The molecule has 0 rings (SSSR count). The van der Waals surface area contributed by atoms with Crippen LogP contribution < -0.4 is 0 Å². The minimum absolute atomic E-state index is 0.302. The first-order chi connectivity index (χ1) is 11.2. The van der Waals surface area contributed by atoms with Gasteiger partial charge in [-0.25, -0.2) is 0 Å². The second-order valence-electron chi connectivity index (χ2n) is 7.00. The Morgan fingerprint density at radius 2 is 1.35 bits per heavy atom. The maximum absolute atomic E-state index is 10.7. The molecule has 0 aliphatic carbocycles. The predicted octanol–water partition coefficient (Wildman–Crippen LogP) is 7.13. The van der Waals surface area contributed by atoms with Crippen molar-refractivity contribution in [3.8, 4) is 0 Å². The summed E-state index contributed by atoms with van der Waals surface area (Å²) in [5.74, 6) is -0.152. The molecule has 136 valence electrons. The molecule has 0 aromatic heterocycles.